The van der Waals surface area contributed by atoms with Gasteiger partial charge in [-0.15, -0.1) is 0 Å². The van der Waals surface area contributed by atoms with Gasteiger partial charge in [0.2, 0.25) is 0 Å². The largest absolute Gasteiger partial charge is 0.462 e. The molecule has 0 aliphatic rings. The number of ether oxygens (including phenoxy) is 1. The SMILES string of the molecule is CCOC(=O)c1ccc(NC(=O)NCc2ccncc2)nc1. The van der Waals surface area contributed by atoms with Gasteiger partial charge in [0.1, 0.15) is 5.82 Å². The Hall–Kier alpha value is -2.96. The third kappa shape index (κ3) is 4.55. The molecule has 0 saturated carbocycles. The van der Waals surface area contributed by atoms with Gasteiger partial charge < -0.3 is 10.1 Å². The fourth-order valence-corrected chi connectivity index (χ4v) is 1.65. The maximum absolute atomic E-state index is 11.7. The van der Waals surface area contributed by atoms with Crippen LogP contribution in [0.2, 0.25) is 0 Å². The van der Waals surface area contributed by atoms with E-state index in [0.29, 0.717) is 24.5 Å². The maximum atomic E-state index is 11.7. The average Bonchev–Trinajstić information content (AvgIpc) is 2.55. The molecule has 2 heterocycles. The predicted octanol–water partition coefficient (Wildman–Crippen LogP) is 1.97. The van der Waals surface area contributed by atoms with Crippen LogP contribution in [0.3, 0.4) is 0 Å². The molecule has 0 saturated heterocycles. The smallest absolute Gasteiger partial charge is 0.339 e. The van der Waals surface area contributed by atoms with E-state index >= 15 is 0 Å². The monoisotopic (exact) mass is 300 g/mol. The summed E-state index contributed by atoms with van der Waals surface area (Å²) in [4.78, 5) is 31.1. The van der Waals surface area contributed by atoms with Crippen molar-refractivity contribution in [3.05, 3.63) is 54.0 Å². The molecule has 7 heteroatoms. The Bertz CT molecular complexity index is 629. The molecule has 0 aliphatic heterocycles. The third-order valence-corrected chi connectivity index (χ3v) is 2.72. The van der Waals surface area contributed by atoms with Crippen LogP contribution >= 0.6 is 0 Å². The van der Waals surface area contributed by atoms with Gasteiger partial charge in [-0.05, 0) is 36.8 Å². The Labute approximate surface area is 127 Å². The van der Waals surface area contributed by atoms with Crippen LogP contribution in [0.5, 0.6) is 0 Å². The fraction of sp³-hybridized carbons (Fsp3) is 0.200. The van der Waals surface area contributed by atoms with Crippen LogP contribution < -0.4 is 10.6 Å². The average molecular weight is 300 g/mol. The number of hydrogen-bond donors (Lipinski definition) is 2. The van der Waals surface area contributed by atoms with Gasteiger partial charge >= 0.3 is 12.0 Å². The van der Waals surface area contributed by atoms with Crippen LogP contribution in [0.1, 0.15) is 22.8 Å². The lowest BCUT2D eigenvalue weighted by atomic mass is 10.3. The molecule has 0 unspecified atom stereocenters. The summed E-state index contributed by atoms with van der Waals surface area (Å²) in [7, 11) is 0. The highest BCUT2D eigenvalue weighted by molar-refractivity contribution is 5.91. The van der Waals surface area contributed by atoms with E-state index < -0.39 is 5.97 Å². The molecule has 0 aliphatic carbocycles. The Balaban J connectivity index is 1.85. The summed E-state index contributed by atoms with van der Waals surface area (Å²) in [6.07, 6.45) is 4.67. The summed E-state index contributed by atoms with van der Waals surface area (Å²) in [5.74, 6) is -0.0936. The van der Waals surface area contributed by atoms with Crippen LogP contribution in [0.15, 0.2) is 42.9 Å². The predicted molar refractivity (Wildman–Crippen MR) is 80.3 cm³/mol. The summed E-state index contributed by atoms with van der Waals surface area (Å²) < 4.78 is 4.85. The van der Waals surface area contributed by atoms with Gasteiger partial charge in [-0.25, -0.2) is 14.6 Å². The minimum Gasteiger partial charge on any atom is -0.462 e. The highest BCUT2D eigenvalue weighted by Crippen LogP contribution is 2.06. The molecule has 0 spiro atoms. The fourth-order valence-electron chi connectivity index (χ4n) is 1.65. The molecule has 114 valence electrons. The normalized spacial score (nSPS) is 9.86. The number of rotatable bonds is 5. The van der Waals surface area contributed by atoms with Crippen LogP contribution in [0, 0.1) is 0 Å². The Kier molecular flexibility index (Phi) is 5.42. The molecule has 22 heavy (non-hydrogen) atoms. The van der Waals surface area contributed by atoms with E-state index in [9.17, 15) is 9.59 Å². The van der Waals surface area contributed by atoms with Crippen LogP contribution in [0.25, 0.3) is 0 Å². The molecular formula is C15H16N4O3. The van der Waals surface area contributed by atoms with Gasteiger partial charge in [-0.2, -0.15) is 0 Å². The Morgan fingerprint density at radius 3 is 2.59 bits per heavy atom. The van der Waals surface area contributed by atoms with Gasteiger partial charge in [0.15, 0.2) is 0 Å². The van der Waals surface area contributed by atoms with Crippen LogP contribution in [-0.4, -0.2) is 28.6 Å². The van der Waals surface area contributed by atoms with E-state index in [1.807, 2.05) is 12.1 Å². The highest BCUT2D eigenvalue weighted by Gasteiger charge is 2.08. The highest BCUT2D eigenvalue weighted by atomic mass is 16.5. The molecule has 2 amide bonds. The number of nitrogens with one attached hydrogen (secondary N) is 2. The third-order valence-electron chi connectivity index (χ3n) is 2.72. The summed E-state index contributed by atoms with van der Waals surface area (Å²) in [6, 6.07) is 6.33. The van der Waals surface area contributed by atoms with E-state index in [0.717, 1.165) is 5.56 Å². The lowest BCUT2D eigenvalue weighted by molar-refractivity contribution is 0.0526. The van der Waals surface area contributed by atoms with Crippen molar-refractivity contribution < 1.29 is 14.3 Å². The second-order valence-corrected chi connectivity index (χ2v) is 4.32. The minimum atomic E-state index is -0.441. The number of hydrogen-bond acceptors (Lipinski definition) is 5. The molecule has 7 nitrogen and oxygen atoms in total. The summed E-state index contributed by atoms with van der Waals surface area (Å²) in [6.45, 7) is 2.42. The van der Waals surface area contributed by atoms with Crippen molar-refractivity contribution in [2.75, 3.05) is 11.9 Å². The molecule has 2 rings (SSSR count). The summed E-state index contributed by atoms with van der Waals surface area (Å²) in [5, 5.41) is 5.28. The number of anilines is 1. The quantitative estimate of drug-likeness (QED) is 0.823. The molecule has 0 radical (unpaired) electrons. The first kappa shape index (κ1) is 15.4. The number of aromatic nitrogens is 2. The van der Waals surface area contributed by atoms with Crippen molar-refractivity contribution in [3.63, 3.8) is 0 Å². The van der Waals surface area contributed by atoms with E-state index in [4.69, 9.17) is 4.74 Å². The zero-order valence-electron chi connectivity index (χ0n) is 12.1. The van der Waals surface area contributed by atoms with Gasteiger partial charge in [0.25, 0.3) is 0 Å². The van der Waals surface area contributed by atoms with Crippen LogP contribution in [0.4, 0.5) is 10.6 Å². The van der Waals surface area contributed by atoms with E-state index in [1.165, 1.54) is 12.3 Å². The lowest BCUT2D eigenvalue weighted by Crippen LogP contribution is -2.28. The molecule has 2 aromatic rings. The first-order valence-corrected chi connectivity index (χ1v) is 6.76. The van der Waals surface area contributed by atoms with E-state index in [-0.39, 0.29) is 6.03 Å². The van der Waals surface area contributed by atoms with Crippen molar-refractivity contribution in [3.8, 4) is 0 Å². The molecule has 2 aromatic heterocycles. The number of amides is 2. The number of urea groups is 1. The molecular weight excluding hydrogens is 284 g/mol. The second kappa shape index (κ2) is 7.72. The molecule has 0 atom stereocenters. The van der Waals surface area contributed by atoms with Gasteiger partial charge in [0, 0.05) is 25.1 Å². The summed E-state index contributed by atoms with van der Waals surface area (Å²) >= 11 is 0. The second-order valence-electron chi connectivity index (χ2n) is 4.32. The van der Waals surface area contributed by atoms with E-state index in [2.05, 4.69) is 20.6 Å². The van der Waals surface area contributed by atoms with Crippen molar-refractivity contribution in [2.24, 2.45) is 0 Å². The van der Waals surface area contributed by atoms with Crippen molar-refractivity contribution in [2.45, 2.75) is 13.5 Å². The van der Waals surface area contributed by atoms with Crippen molar-refractivity contribution >= 4 is 17.8 Å². The summed E-state index contributed by atoms with van der Waals surface area (Å²) in [5.41, 5.74) is 1.28. The van der Waals surface area contributed by atoms with Gasteiger partial charge in [-0.3, -0.25) is 10.3 Å². The zero-order chi connectivity index (χ0) is 15.8. The van der Waals surface area contributed by atoms with Crippen molar-refractivity contribution in [1.29, 1.82) is 0 Å². The van der Waals surface area contributed by atoms with Gasteiger partial charge in [-0.1, -0.05) is 0 Å². The number of nitrogens with zero attached hydrogens (tertiary/aromatic N) is 2. The first-order chi connectivity index (χ1) is 10.7. The Morgan fingerprint density at radius 1 is 1.18 bits per heavy atom. The standard InChI is InChI=1S/C15H16N4O3/c1-2-22-14(20)12-3-4-13(17-10-12)19-15(21)18-9-11-5-7-16-8-6-11/h3-8,10H,2,9H2,1H3,(H2,17,18,19,21). The minimum absolute atomic E-state index is 0.302. The van der Waals surface area contributed by atoms with Crippen LogP contribution in [-0.2, 0) is 11.3 Å². The van der Waals surface area contributed by atoms with E-state index in [1.54, 1.807) is 25.4 Å². The number of pyridine rings is 2. The number of carbonyl (C=O) groups excluding carboxylic acids is 2. The zero-order valence-corrected chi connectivity index (χ0v) is 12.1. The lowest BCUT2D eigenvalue weighted by Gasteiger charge is -2.07. The first-order valence-electron chi connectivity index (χ1n) is 6.76. The topological polar surface area (TPSA) is 93.2 Å². The Morgan fingerprint density at radius 2 is 1.95 bits per heavy atom. The maximum Gasteiger partial charge on any atom is 0.339 e. The van der Waals surface area contributed by atoms with Gasteiger partial charge in [0.05, 0.1) is 12.2 Å². The molecule has 0 bridgehead atoms. The molecule has 0 fully saturated rings. The number of esters is 1. The molecule has 2 N–H and O–H groups in total. The van der Waals surface area contributed by atoms with Crippen molar-refractivity contribution in [1.82, 2.24) is 15.3 Å². The number of carbonyl (C=O) groups is 2. The molecule has 0 aromatic carbocycles.